The van der Waals surface area contributed by atoms with E-state index in [1.54, 1.807) is 0 Å². The molecule has 0 bridgehead atoms. The van der Waals surface area contributed by atoms with E-state index in [9.17, 15) is 0 Å². The third-order valence-corrected chi connectivity index (χ3v) is 6.78. The lowest BCUT2D eigenvalue weighted by atomic mass is 10.0. The Morgan fingerprint density at radius 3 is 1.90 bits per heavy atom. The van der Waals surface area contributed by atoms with Gasteiger partial charge in [-0.05, 0) is 41.8 Å². The van der Waals surface area contributed by atoms with Gasteiger partial charge in [-0.3, -0.25) is 0 Å². The summed E-state index contributed by atoms with van der Waals surface area (Å²) >= 11 is 0. The minimum absolute atomic E-state index is 0.0406. The van der Waals surface area contributed by atoms with E-state index in [-0.39, 0.29) is 5.92 Å². The van der Waals surface area contributed by atoms with Crippen LogP contribution in [0.2, 0.25) is 0 Å². The minimum atomic E-state index is -0.0406. The van der Waals surface area contributed by atoms with Crippen LogP contribution in [0.15, 0.2) is 91.4 Å². The Morgan fingerprint density at radius 2 is 1.23 bits per heavy atom. The van der Waals surface area contributed by atoms with Crippen molar-refractivity contribution in [2.45, 2.75) is 25.7 Å². The average Bonchev–Trinajstić information content (AvgIpc) is 3.64. The predicted octanol–water partition coefficient (Wildman–Crippen LogP) is 7.28. The number of aromatic amines is 1. The molecule has 6 heteroatoms. The first-order valence-corrected chi connectivity index (χ1v) is 12.7. The standard InChI is InChI=1S/C12H12N2.C11H10N2.C10H8N2/c1-9(7-13)11-8-14(2)12-6-4-3-5-10(11)12;1-13-8-9(6-7-12)10-4-2-3-5-11(10)13;11-6-5-8-7-12-10-4-2-1-3-9(8)10/h3-6,8-9H,1-2H3;2-5,8H,6H2,1H3;1-4,7,12H,5H2. The number of benzene rings is 3. The van der Waals surface area contributed by atoms with E-state index >= 15 is 0 Å². The first-order valence-electron chi connectivity index (χ1n) is 12.7. The van der Waals surface area contributed by atoms with Gasteiger partial charge in [0.25, 0.3) is 0 Å². The molecule has 6 nitrogen and oxygen atoms in total. The van der Waals surface area contributed by atoms with Crippen LogP contribution < -0.4 is 0 Å². The van der Waals surface area contributed by atoms with Crippen molar-refractivity contribution in [3.63, 3.8) is 0 Å². The number of para-hydroxylation sites is 3. The smallest absolute Gasteiger partial charge is 0.0705 e. The first-order chi connectivity index (χ1) is 19.0. The van der Waals surface area contributed by atoms with E-state index in [1.165, 1.54) is 21.8 Å². The van der Waals surface area contributed by atoms with Crippen molar-refractivity contribution in [3.8, 4) is 18.2 Å². The summed E-state index contributed by atoms with van der Waals surface area (Å²) in [5, 5.41) is 29.6. The minimum Gasteiger partial charge on any atom is -0.361 e. The molecule has 0 saturated heterocycles. The van der Waals surface area contributed by atoms with Crippen LogP contribution in [0.4, 0.5) is 0 Å². The van der Waals surface area contributed by atoms with Gasteiger partial charge in [-0.25, -0.2) is 0 Å². The molecule has 0 aliphatic carbocycles. The van der Waals surface area contributed by atoms with Crippen LogP contribution in [0.1, 0.15) is 29.5 Å². The number of rotatable bonds is 3. The van der Waals surface area contributed by atoms with Crippen LogP contribution in [0, 0.1) is 34.0 Å². The molecule has 0 saturated carbocycles. The highest BCUT2D eigenvalue weighted by Gasteiger charge is 2.11. The van der Waals surface area contributed by atoms with Gasteiger partial charge in [0.1, 0.15) is 0 Å². The summed E-state index contributed by atoms with van der Waals surface area (Å²) < 4.78 is 4.13. The van der Waals surface area contributed by atoms with Crippen LogP contribution in [-0.2, 0) is 26.9 Å². The van der Waals surface area contributed by atoms with E-state index in [0.29, 0.717) is 12.8 Å². The summed E-state index contributed by atoms with van der Waals surface area (Å²) in [5.74, 6) is -0.0406. The maximum atomic E-state index is 8.90. The topological polar surface area (TPSA) is 97.0 Å². The van der Waals surface area contributed by atoms with Crippen molar-refractivity contribution in [2.75, 3.05) is 0 Å². The molecule has 0 aliphatic rings. The number of hydrogen-bond donors (Lipinski definition) is 1. The number of fused-ring (bicyclic) bond motifs is 3. The highest BCUT2D eigenvalue weighted by atomic mass is 14.9. The van der Waals surface area contributed by atoms with Gasteiger partial charge < -0.3 is 14.1 Å². The van der Waals surface area contributed by atoms with Crippen molar-refractivity contribution in [1.82, 2.24) is 14.1 Å². The molecule has 0 radical (unpaired) electrons. The molecule has 3 aromatic heterocycles. The fourth-order valence-corrected chi connectivity index (χ4v) is 4.80. The second kappa shape index (κ2) is 12.3. The third kappa shape index (κ3) is 5.85. The number of aromatic nitrogens is 3. The molecule has 0 aliphatic heterocycles. The van der Waals surface area contributed by atoms with Gasteiger partial charge in [0.15, 0.2) is 0 Å². The maximum absolute atomic E-state index is 8.90. The fraction of sp³-hybridized carbons (Fsp3) is 0.182. The van der Waals surface area contributed by atoms with Gasteiger partial charge in [0.2, 0.25) is 0 Å². The van der Waals surface area contributed by atoms with Crippen LogP contribution in [-0.4, -0.2) is 14.1 Å². The number of H-pyrrole nitrogens is 1. The SMILES string of the molecule is CC(C#N)c1cn(C)c2ccccc12.Cn1cc(CC#N)c2ccccc21.N#CCc1c[nH]c2ccccc12. The first kappa shape index (κ1) is 26.8. The molecule has 39 heavy (non-hydrogen) atoms. The Kier molecular flexibility index (Phi) is 8.47. The monoisotopic (exact) mass is 510 g/mol. The van der Waals surface area contributed by atoms with E-state index in [4.69, 9.17) is 15.8 Å². The maximum Gasteiger partial charge on any atom is 0.0705 e. The number of nitrogens with one attached hydrogen (secondary N) is 1. The predicted molar refractivity (Wildman–Crippen MR) is 157 cm³/mol. The molecule has 0 amide bonds. The van der Waals surface area contributed by atoms with Crippen molar-refractivity contribution >= 4 is 32.7 Å². The molecular weight excluding hydrogens is 480 g/mol. The largest absolute Gasteiger partial charge is 0.361 e. The quantitative estimate of drug-likeness (QED) is 0.271. The van der Waals surface area contributed by atoms with Crippen molar-refractivity contribution in [3.05, 3.63) is 108 Å². The second-order valence-corrected chi connectivity index (χ2v) is 9.37. The summed E-state index contributed by atoms with van der Waals surface area (Å²) in [6, 6.07) is 30.9. The van der Waals surface area contributed by atoms with Gasteiger partial charge in [-0.2, -0.15) is 15.8 Å². The van der Waals surface area contributed by atoms with Gasteiger partial charge in [-0.1, -0.05) is 54.6 Å². The summed E-state index contributed by atoms with van der Waals surface area (Å²) in [6.07, 6.45) is 6.92. The summed E-state index contributed by atoms with van der Waals surface area (Å²) in [7, 11) is 4.01. The lowest BCUT2D eigenvalue weighted by Gasteiger charge is -1.98. The Bertz CT molecular complexity index is 1840. The zero-order chi connectivity index (χ0) is 27.8. The molecule has 1 unspecified atom stereocenters. The normalized spacial score (nSPS) is 11.0. The highest BCUT2D eigenvalue weighted by molar-refractivity contribution is 5.85. The zero-order valence-corrected chi connectivity index (χ0v) is 22.4. The molecule has 6 rings (SSSR count). The van der Waals surface area contributed by atoms with Crippen molar-refractivity contribution in [2.24, 2.45) is 14.1 Å². The van der Waals surface area contributed by atoms with Crippen LogP contribution >= 0.6 is 0 Å². The average molecular weight is 511 g/mol. The van der Waals surface area contributed by atoms with E-state index in [0.717, 1.165) is 27.6 Å². The molecule has 3 heterocycles. The van der Waals surface area contributed by atoms with Crippen LogP contribution in [0.5, 0.6) is 0 Å². The summed E-state index contributed by atoms with van der Waals surface area (Å²) in [6.45, 7) is 1.93. The zero-order valence-electron chi connectivity index (χ0n) is 22.4. The second-order valence-electron chi connectivity index (χ2n) is 9.37. The number of nitrogens with zero attached hydrogens (tertiary/aromatic N) is 5. The molecule has 3 aromatic carbocycles. The summed E-state index contributed by atoms with van der Waals surface area (Å²) in [5.41, 5.74) is 6.78. The third-order valence-electron chi connectivity index (χ3n) is 6.78. The Balaban J connectivity index is 0.000000136. The Morgan fingerprint density at radius 1 is 0.692 bits per heavy atom. The van der Waals surface area contributed by atoms with Crippen LogP contribution in [0.3, 0.4) is 0 Å². The number of aryl methyl sites for hydroxylation is 2. The number of nitriles is 3. The van der Waals surface area contributed by atoms with E-state index < -0.39 is 0 Å². The van der Waals surface area contributed by atoms with Gasteiger partial charge >= 0.3 is 0 Å². The van der Waals surface area contributed by atoms with Crippen molar-refractivity contribution in [1.29, 1.82) is 15.8 Å². The molecule has 1 atom stereocenters. The molecule has 192 valence electrons. The molecule has 0 fully saturated rings. The lowest BCUT2D eigenvalue weighted by molar-refractivity contribution is 0.928. The summed E-state index contributed by atoms with van der Waals surface area (Å²) in [4.78, 5) is 3.12. The molecule has 1 N–H and O–H groups in total. The fourth-order valence-electron chi connectivity index (χ4n) is 4.80. The Hall–Kier alpha value is -5.25. The molecule has 6 aromatic rings. The van der Waals surface area contributed by atoms with Gasteiger partial charge in [-0.15, -0.1) is 0 Å². The van der Waals surface area contributed by atoms with E-state index in [2.05, 4.69) is 56.6 Å². The number of hydrogen-bond acceptors (Lipinski definition) is 3. The highest BCUT2D eigenvalue weighted by Crippen LogP contribution is 2.26. The Labute approximate surface area is 228 Å². The van der Waals surface area contributed by atoms with Gasteiger partial charge in [0, 0.05) is 65.4 Å². The molecular formula is C33H30N6. The van der Waals surface area contributed by atoms with Crippen LogP contribution in [0.25, 0.3) is 32.7 Å². The van der Waals surface area contributed by atoms with Crippen molar-refractivity contribution < 1.29 is 0 Å². The molecule has 0 spiro atoms. The van der Waals surface area contributed by atoms with E-state index in [1.807, 2.05) is 88.1 Å². The van der Waals surface area contributed by atoms with Gasteiger partial charge in [0.05, 0.1) is 37.0 Å². The lowest BCUT2D eigenvalue weighted by Crippen LogP contribution is -1.86.